The van der Waals surface area contributed by atoms with Gasteiger partial charge in [-0.25, -0.2) is 0 Å². The maximum atomic E-state index is 8.89. The number of aryl methyl sites for hydroxylation is 1. The van der Waals surface area contributed by atoms with Crippen LogP contribution in [-0.4, -0.2) is 9.55 Å². The van der Waals surface area contributed by atoms with Crippen molar-refractivity contribution >= 4 is 0 Å². The van der Waals surface area contributed by atoms with Crippen LogP contribution in [0.2, 0.25) is 0 Å². The van der Waals surface area contributed by atoms with Crippen molar-refractivity contribution in [3.05, 3.63) is 53.6 Å². The van der Waals surface area contributed by atoms with Crippen molar-refractivity contribution in [1.82, 2.24) is 14.9 Å². The Kier molecular flexibility index (Phi) is 3.75. The fourth-order valence-corrected chi connectivity index (χ4v) is 1.85. The third kappa shape index (κ3) is 2.76. The van der Waals surface area contributed by atoms with Gasteiger partial charge in [-0.3, -0.25) is 4.98 Å². The van der Waals surface area contributed by atoms with Gasteiger partial charge in [-0.15, -0.1) is 0 Å². The molecule has 18 heavy (non-hydrogen) atoms. The summed E-state index contributed by atoms with van der Waals surface area (Å²) < 4.78 is 1.84. The molecule has 0 saturated heterocycles. The SMILES string of the molecule is C[C@@H](NCc1cc(C#N)n(C)c1)c1ccccn1. The number of nitriles is 1. The molecule has 0 spiro atoms. The van der Waals surface area contributed by atoms with Crippen molar-refractivity contribution in [2.45, 2.75) is 19.5 Å². The van der Waals surface area contributed by atoms with Crippen LogP contribution in [0.4, 0.5) is 0 Å². The van der Waals surface area contributed by atoms with Gasteiger partial charge < -0.3 is 9.88 Å². The first kappa shape index (κ1) is 12.3. The lowest BCUT2D eigenvalue weighted by Crippen LogP contribution is -2.18. The van der Waals surface area contributed by atoms with Crippen molar-refractivity contribution in [2.75, 3.05) is 0 Å². The third-order valence-corrected chi connectivity index (χ3v) is 2.92. The van der Waals surface area contributed by atoms with Crippen molar-refractivity contribution in [3.8, 4) is 6.07 Å². The van der Waals surface area contributed by atoms with E-state index in [0.29, 0.717) is 5.69 Å². The highest BCUT2D eigenvalue weighted by atomic mass is 15.0. The Morgan fingerprint density at radius 1 is 1.50 bits per heavy atom. The van der Waals surface area contributed by atoms with E-state index in [-0.39, 0.29) is 6.04 Å². The molecule has 0 aliphatic carbocycles. The highest BCUT2D eigenvalue weighted by Gasteiger charge is 2.07. The van der Waals surface area contributed by atoms with E-state index in [1.165, 1.54) is 0 Å². The Morgan fingerprint density at radius 2 is 2.33 bits per heavy atom. The molecule has 4 heteroatoms. The fourth-order valence-electron chi connectivity index (χ4n) is 1.85. The maximum Gasteiger partial charge on any atom is 0.120 e. The van der Waals surface area contributed by atoms with Gasteiger partial charge in [0.1, 0.15) is 11.8 Å². The Hall–Kier alpha value is -2.12. The van der Waals surface area contributed by atoms with Crippen LogP contribution in [0, 0.1) is 11.3 Å². The second-order valence-corrected chi connectivity index (χ2v) is 4.31. The molecule has 2 heterocycles. The Morgan fingerprint density at radius 3 is 2.94 bits per heavy atom. The van der Waals surface area contributed by atoms with Crippen LogP contribution in [-0.2, 0) is 13.6 Å². The Balaban J connectivity index is 1.97. The van der Waals surface area contributed by atoms with Crippen LogP contribution in [0.5, 0.6) is 0 Å². The molecule has 4 nitrogen and oxygen atoms in total. The summed E-state index contributed by atoms with van der Waals surface area (Å²) in [5.41, 5.74) is 2.81. The quantitative estimate of drug-likeness (QED) is 0.890. The van der Waals surface area contributed by atoms with Gasteiger partial charge in [0.25, 0.3) is 0 Å². The predicted molar refractivity (Wildman–Crippen MR) is 69.6 cm³/mol. The molecule has 0 aliphatic rings. The first-order valence-corrected chi connectivity index (χ1v) is 5.90. The molecule has 1 N–H and O–H groups in total. The monoisotopic (exact) mass is 240 g/mol. The predicted octanol–water partition coefficient (Wildman–Crippen LogP) is 2.14. The molecule has 0 unspecified atom stereocenters. The average molecular weight is 240 g/mol. The minimum Gasteiger partial charge on any atom is -0.342 e. The summed E-state index contributed by atoms with van der Waals surface area (Å²) >= 11 is 0. The zero-order valence-electron chi connectivity index (χ0n) is 10.6. The lowest BCUT2D eigenvalue weighted by Gasteiger charge is -2.12. The Labute approximate surface area is 107 Å². The summed E-state index contributed by atoms with van der Waals surface area (Å²) in [5.74, 6) is 0. The molecule has 0 radical (unpaired) electrons. The summed E-state index contributed by atoms with van der Waals surface area (Å²) in [6, 6.07) is 10.1. The molecular formula is C14H16N4. The average Bonchev–Trinajstić information content (AvgIpc) is 2.77. The molecule has 0 saturated carbocycles. The van der Waals surface area contributed by atoms with E-state index in [9.17, 15) is 0 Å². The van der Waals surface area contributed by atoms with Gasteiger partial charge in [-0.1, -0.05) is 6.07 Å². The smallest absolute Gasteiger partial charge is 0.120 e. The number of hydrogen-bond acceptors (Lipinski definition) is 3. The zero-order chi connectivity index (χ0) is 13.0. The molecule has 0 aromatic carbocycles. The van der Waals surface area contributed by atoms with Gasteiger partial charge in [0.2, 0.25) is 0 Å². The summed E-state index contributed by atoms with van der Waals surface area (Å²) in [7, 11) is 1.88. The number of aromatic nitrogens is 2. The van der Waals surface area contributed by atoms with E-state index in [4.69, 9.17) is 5.26 Å². The van der Waals surface area contributed by atoms with E-state index in [2.05, 4.69) is 23.3 Å². The second-order valence-electron chi connectivity index (χ2n) is 4.31. The summed E-state index contributed by atoms with van der Waals surface area (Å²) in [5, 5.41) is 12.3. The van der Waals surface area contributed by atoms with E-state index in [1.54, 1.807) is 6.20 Å². The minimum atomic E-state index is 0.192. The van der Waals surface area contributed by atoms with E-state index in [1.807, 2.05) is 42.1 Å². The van der Waals surface area contributed by atoms with Crippen molar-refractivity contribution in [2.24, 2.45) is 7.05 Å². The topological polar surface area (TPSA) is 53.6 Å². The molecule has 92 valence electrons. The van der Waals surface area contributed by atoms with Crippen LogP contribution in [0.1, 0.15) is 29.9 Å². The normalized spacial score (nSPS) is 12.1. The maximum absolute atomic E-state index is 8.89. The fraction of sp³-hybridized carbons (Fsp3) is 0.286. The van der Waals surface area contributed by atoms with Gasteiger partial charge >= 0.3 is 0 Å². The summed E-state index contributed by atoms with van der Waals surface area (Å²) in [6.07, 6.45) is 3.76. The molecule has 2 aromatic heterocycles. The number of nitrogens with one attached hydrogen (secondary N) is 1. The highest BCUT2D eigenvalue weighted by Crippen LogP contribution is 2.11. The van der Waals surface area contributed by atoms with Crippen LogP contribution >= 0.6 is 0 Å². The van der Waals surface area contributed by atoms with E-state index >= 15 is 0 Å². The van der Waals surface area contributed by atoms with Crippen LogP contribution in [0.15, 0.2) is 36.7 Å². The first-order valence-electron chi connectivity index (χ1n) is 5.90. The molecule has 2 aromatic rings. The zero-order valence-corrected chi connectivity index (χ0v) is 10.6. The van der Waals surface area contributed by atoms with Crippen LogP contribution in [0.3, 0.4) is 0 Å². The molecule has 1 atom stereocenters. The van der Waals surface area contributed by atoms with Crippen LogP contribution < -0.4 is 5.32 Å². The summed E-state index contributed by atoms with van der Waals surface area (Å²) in [4.78, 5) is 4.31. The van der Waals surface area contributed by atoms with Gasteiger partial charge in [-0.05, 0) is 30.7 Å². The van der Waals surface area contributed by atoms with Gasteiger partial charge in [0.15, 0.2) is 0 Å². The number of pyridine rings is 1. The van der Waals surface area contributed by atoms with Crippen LogP contribution in [0.25, 0.3) is 0 Å². The number of hydrogen-bond donors (Lipinski definition) is 1. The third-order valence-electron chi connectivity index (χ3n) is 2.92. The molecule has 0 bridgehead atoms. The Bertz CT molecular complexity index is 551. The van der Waals surface area contributed by atoms with Crippen molar-refractivity contribution in [1.29, 1.82) is 5.26 Å². The lowest BCUT2D eigenvalue weighted by molar-refractivity contribution is 0.561. The molecule has 0 fully saturated rings. The lowest BCUT2D eigenvalue weighted by atomic mass is 10.2. The first-order chi connectivity index (χ1) is 8.70. The molecule has 0 amide bonds. The standard InChI is InChI=1S/C14H16N4/c1-11(14-5-3-4-6-16-14)17-9-12-7-13(8-15)18(2)10-12/h3-7,10-11,17H,9H2,1-2H3/t11-/m1/s1. The van der Waals surface area contributed by atoms with Crippen molar-refractivity contribution < 1.29 is 0 Å². The van der Waals surface area contributed by atoms with Crippen molar-refractivity contribution in [3.63, 3.8) is 0 Å². The van der Waals surface area contributed by atoms with Gasteiger partial charge in [-0.2, -0.15) is 5.26 Å². The highest BCUT2D eigenvalue weighted by molar-refractivity contribution is 5.28. The second kappa shape index (κ2) is 5.48. The molecular weight excluding hydrogens is 224 g/mol. The van der Waals surface area contributed by atoms with Gasteiger partial charge in [0, 0.05) is 32.0 Å². The number of rotatable bonds is 4. The minimum absolute atomic E-state index is 0.192. The van der Waals surface area contributed by atoms with Gasteiger partial charge in [0.05, 0.1) is 5.69 Å². The van der Waals surface area contributed by atoms with E-state index < -0.39 is 0 Å². The summed E-state index contributed by atoms with van der Waals surface area (Å²) in [6.45, 7) is 2.81. The number of nitrogens with zero attached hydrogens (tertiary/aromatic N) is 3. The molecule has 0 aliphatic heterocycles. The molecule has 2 rings (SSSR count). The largest absolute Gasteiger partial charge is 0.342 e. The van der Waals surface area contributed by atoms with E-state index in [0.717, 1.165) is 17.8 Å².